The van der Waals surface area contributed by atoms with Crippen molar-refractivity contribution in [3.05, 3.63) is 60.2 Å². The lowest BCUT2D eigenvalue weighted by Crippen LogP contribution is -3.13. The molecule has 1 fully saturated rings. The van der Waals surface area contributed by atoms with Gasteiger partial charge in [-0.15, -0.1) is 0 Å². The van der Waals surface area contributed by atoms with Crippen LogP contribution in [0.15, 0.2) is 54.6 Å². The molecule has 0 aliphatic carbocycles. The van der Waals surface area contributed by atoms with Crippen molar-refractivity contribution in [1.82, 2.24) is 0 Å². The second-order valence-electron chi connectivity index (χ2n) is 6.80. The number of piperidine rings is 1. The molecule has 4 rings (SSSR count). The summed E-state index contributed by atoms with van der Waals surface area (Å²) in [7, 11) is 0. The van der Waals surface area contributed by atoms with Crippen LogP contribution in [0.5, 0.6) is 0 Å². The highest BCUT2D eigenvalue weighted by molar-refractivity contribution is 6.07. The van der Waals surface area contributed by atoms with Gasteiger partial charge in [0.2, 0.25) is 0 Å². The maximum atomic E-state index is 10.7. The Kier molecular flexibility index (Phi) is 5.40. The standard InChI is InChI=1S/C21H23NO.ClH/c23-21(15-22-12-4-1-5-13-22)18-11-10-17-9-8-16-6-2-3-7-19(16)20(17)14-18;/h2-3,6-11,14,21,23H,1,4-5,12-13,15H2;1H. The molecule has 1 aliphatic heterocycles. The van der Waals surface area contributed by atoms with E-state index in [9.17, 15) is 5.11 Å². The van der Waals surface area contributed by atoms with Crippen LogP contribution in [0, 0.1) is 0 Å². The van der Waals surface area contributed by atoms with Crippen LogP contribution >= 0.6 is 0 Å². The maximum Gasteiger partial charge on any atom is 0.128 e. The highest BCUT2D eigenvalue weighted by Gasteiger charge is 2.19. The van der Waals surface area contributed by atoms with Crippen molar-refractivity contribution in [2.45, 2.75) is 25.4 Å². The molecule has 1 atom stereocenters. The van der Waals surface area contributed by atoms with Gasteiger partial charge < -0.3 is 22.4 Å². The van der Waals surface area contributed by atoms with Crippen molar-refractivity contribution >= 4 is 21.5 Å². The molecule has 126 valence electrons. The van der Waals surface area contributed by atoms with Gasteiger partial charge in [0, 0.05) is 0 Å². The number of aliphatic hydroxyl groups excluding tert-OH is 1. The fourth-order valence-electron chi connectivity index (χ4n) is 3.87. The molecular weight excluding hydrogens is 318 g/mol. The summed E-state index contributed by atoms with van der Waals surface area (Å²) in [5.74, 6) is 0. The number of quaternary nitrogens is 1. The summed E-state index contributed by atoms with van der Waals surface area (Å²) in [5, 5.41) is 15.7. The molecule has 0 saturated carbocycles. The van der Waals surface area contributed by atoms with Crippen LogP contribution in [-0.2, 0) is 0 Å². The van der Waals surface area contributed by atoms with Crippen LogP contribution in [0.1, 0.15) is 30.9 Å². The lowest BCUT2D eigenvalue weighted by molar-refractivity contribution is -0.908. The van der Waals surface area contributed by atoms with Crippen LogP contribution in [0.3, 0.4) is 0 Å². The van der Waals surface area contributed by atoms with Crippen LogP contribution < -0.4 is 17.3 Å². The van der Waals surface area contributed by atoms with E-state index in [4.69, 9.17) is 0 Å². The molecule has 1 unspecified atom stereocenters. The van der Waals surface area contributed by atoms with E-state index in [-0.39, 0.29) is 18.5 Å². The Morgan fingerprint density at radius 2 is 1.50 bits per heavy atom. The third-order valence-electron chi connectivity index (χ3n) is 5.20. The van der Waals surface area contributed by atoms with E-state index in [1.165, 1.54) is 53.9 Å². The number of likely N-dealkylation sites (tertiary alicyclic amines) is 1. The normalized spacial score (nSPS) is 16.9. The van der Waals surface area contributed by atoms with Gasteiger partial charge >= 0.3 is 0 Å². The lowest BCUT2D eigenvalue weighted by atomic mass is 9.98. The fourth-order valence-corrected chi connectivity index (χ4v) is 3.87. The first kappa shape index (κ1) is 17.2. The van der Waals surface area contributed by atoms with Crippen molar-refractivity contribution in [3.63, 3.8) is 0 Å². The number of halogens is 1. The summed E-state index contributed by atoms with van der Waals surface area (Å²) in [4.78, 5) is 1.54. The number of nitrogens with one attached hydrogen (secondary N) is 1. The van der Waals surface area contributed by atoms with Gasteiger partial charge in [0.1, 0.15) is 12.6 Å². The van der Waals surface area contributed by atoms with Gasteiger partial charge in [0.25, 0.3) is 0 Å². The number of hydrogen-bond donors (Lipinski definition) is 2. The number of aliphatic hydroxyl groups is 1. The molecule has 3 aromatic carbocycles. The summed E-state index contributed by atoms with van der Waals surface area (Å²) in [6, 6.07) is 19.2. The number of fused-ring (bicyclic) bond motifs is 3. The molecule has 2 nitrogen and oxygen atoms in total. The molecule has 3 aromatic rings. The molecule has 3 heteroatoms. The van der Waals surface area contributed by atoms with E-state index >= 15 is 0 Å². The molecule has 0 spiro atoms. The first-order valence-corrected chi connectivity index (χ1v) is 8.74. The average Bonchev–Trinajstić information content (AvgIpc) is 2.62. The Hall–Kier alpha value is -1.61. The number of rotatable bonds is 3. The first-order valence-electron chi connectivity index (χ1n) is 8.74. The Morgan fingerprint density at radius 3 is 2.29 bits per heavy atom. The zero-order valence-corrected chi connectivity index (χ0v) is 14.6. The zero-order chi connectivity index (χ0) is 15.6. The topological polar surface area (TPSA) is 24.7 Å². The second kappa shape index (κ2) is 7.52. The summed E-state index contributed by atoms with van der Waals surface area (Å²) in [5.41, 5.74) is 1.05. The molecular formula is C21H24ClNO. The van der Waals surface area contributed by atoms with Crippen molar-refractivity contribution < 1.29 is 22.4 Å². The Morgan fingerprint density at radius 1 is 0.833 bits per heavy atom. The van der Waals surface area contributed by atoms with E-state index in [2.05, 4.69) is 54.6 Å². The molecule has 1 heterocycles. The van der Waals surface area contributed by atoms with Crippen molar-refractivity contribution in [3.8, 4) is 0 Å². The van der Waals surface area contributed by atoms with Gasteiger partial charge in [-0.05, 0) is 52.4 Å². The number of benzene rings is 3. The third kappa shape index (κ3) is 3.41. The van der Waals surface area contributed by atoms with E-state index in [1.807, 2.05) is 0 Å². The number of hydrogen-bond acceptors (Lipinski definition) is 1. The smallest absolute Gasteiger partial charge is 0.128 e. The van der Waals surface area contributed by atoms with Crippen molar-refractivity contribution in [2.24, 2.45) is 0 Å². The third-order valence-corrected chi connectivity index (χ3v) is 5.20. The summed E-state index contributed by atoms with van der Waals surface area (Å²) in [6.45, 7) is 3.23. The van der Waals surface area contributed by atoms with Gasteiger partial charge in [0.05, 0.1) is 13.1 Å². The van der Waals surface area contributed by atoms with E-state index in [0.717, 1.165) is 12.1 Å². The minimum absolute atomic E-state index is 0. The maximum absolute atomic E-state index is 10.7. The molecule has 0 amide bonds. The monoisotopic (exact) mass is 341 g/mol. The Bertz CT molecular complexity index is 826. The summed E-state index contributed by atoms with van der Waals surface area (Å²) < 4.78 is 0. The molecule has 1 aliphatic rings. The van der Waals surface area contributed by atoms with Crippen molar-refractivity contribution in [2.75, 3.05) is 19.6 Å². The zero-order valence-electron chi connectivity index (χ0n) is 13.8. The predicted molar refractivity (Wildman–Crippen MR) is 95.8 cm³/mol. The molecule has 0 radical (unpaired) electrons. The van der Waals surface area contributed by atoms with Gasteiger partial charge in [-0.2, -0.15) is 0 Å². The SMILES string of the molecule is OC(C[NH+]1CCCCC1)c1ccc2ccc3ccccc3c2c1.[Cl-]. The predicted octanol–water partition coefficient (Wildman–Crippen LogP) is 0.0992. The summed E-state index contributed by atoms with van der Waals surface area (Å²) >= 11 is 0. The van der Waals surface area contributed by atoms with E-state index in [1.54, 1.807) is 4.90 Å². The summed E-state index contributed by atoms with van der Waals surface area (Å²) in [6.07, 6.45) is 3.57. The van der Waals surface area contributed by atoms with E-state index < -0.39 is 0 Å². The van der Waals surface area contributed by atoms with Crippen LogP contribution in [0.4, 0.5) is 0 Å². The second-order valence-corrected chi connectivity index (χ2v) is 6.80. The Balaban J connectivity index is 0.00000169. The highest BCUT2D eigenvalue weighted by Crippen LogP contribution is 2.27. The fraction of sp³-hybridized carbons (Fsp3) is 0.333. The van der Waals surface area contributed by atoms with Gasteiger partial charge in [-0.25, -0.2) is 0 Å². The Labute approximate surface area is 149 Å². The molecule has 2 N–H and O–H groups in total. The van der Waals surface area contributed by atoms with Crippen LogP contribution in [-0.4, -0.2) is 24.7 Å². The first-order chi connectivity index (χ1) is 11.3. The lowest BCUT2D eigenvalue weighted by Gasteiger charge is -2.26. The highest BCUT2D eigenvalue weighted by atomic mass is 35.5. The van der Waals surface area contributed by atoms with Crippen LogP contribution in [0.2, 0.25) is 0 Å². The largest absolute Gasteiger partial charge is 1.00 e. The van der Waals surface area contributed by atoms with Gasteiger partial charge in [-0.3, -0.25) is 0 Å². The molecule has 0 aromatic heterocycles. The minimum Gasteiger partial charge on any atom is -1.00 e. The molecule has 0 bridgehead atoms. The van der Waals surface area contributed by atoms with Crippen molar-refractivity contribution in [1.29, 1.82) is 0 Å². The van der Waals surface area contributed by atoms with E-state index in [0.29, 0.717) is 0 Å². The van der Waals surface area contributed by atoms with Crippen LogP contribution in [0.25, 0.3) is 21.5 Å². The minimum atomic E-state index is -0.369. The van der Waals surface area contributed by atoms with Gasteiger partial charge in [-0.1, -0.05) is 48.5 Å². The quantitative estimate of drug-likeness (QED) is 0.649. The molecule has 1 saturated heterocycles. The molecule has 24 heavy (non-hydrogen) atoms. The average molecular weight is 342 g/mol. The van der Waals surface area contributed by atoms with Gasteiger partial charge in [0.15, 0.2) is 0 Å².